The number of nitrogens with one attached hydrogen (secondary N) is 1. The van der Waals surface area contributed by atoms with Gasteiger partial charge < -0.3 is 10.4 Å². The van der Waals surface area contributed by atoms with Crippen LogP contribution in [0.4, 0.5) is 16.0 Å². The number of hydrogen-bond acceptors (Lipinski definition) is 6. The zero-order valence-corrected chi connectivity index (χ0v) is 9.52. The topological polar surface area (TPSA) is 101 Å². The number of aliphatic hydroxyl groups is 1. The Morgan fingerprint density at radius 2 is 2.05 bits per heavy atom. The Labute approximate surface area is 106 Å². The molecule has 0 aliphatic carbocycles. The largest absolute Gasteiger partial charge is 0.369 e. The van der Waals surface area contributed by atoms with E-state index >= 15 is 0 Å². The number of halogens is 1. The lowest BCUT2D eigenvalue weighted by molar-refractivity contribution is -0.386. The first-order valence-corrected chi connectivity index (χ1v) is 5.23. The minimum absolute atomic E-state index is 0.0774. The molecule has 0 aliphatic heterocycles. The maximum Gasteiger partial charge on any atom is 0.277 e. The molecule has 0 radical (unpaired) electrons. The van der Waals surface area contributed by atoms with Gasteiger partial charge in [0.15, 0.2) is 6.23 Å². The predicted molar refractivity (Wildman–Crippen MR) is 63.7 cm³/mol. The molecule has 0 bridgehead atoms. The molecule has 0 fully saturated rings. The second kappa shape index (κ2) is 5.36. The van der Waals surface area contributed by atoms with Crippen LogP contribution in [0.1, 0.15) is 11.8 Å². The highest BCUT2D eigenvalue weighted by Crippen LogP contribution is 2.26. The summed E-state index contributed by atoms with van der Waals surface area (Å²) in [5, 5.41) is 23.1. The Morgan fingerprint density at radius 1 is 1.37 bits per heavy atom. The van der Waals surface area contributed by atoms with E-state index in [0.29, 0.717) is 0 Å². The first-order chi connectivity index (χ1) is 9.08. The molecule has 0 spiro atoms. The first-order valence-electron chi connectivity index (χ1n) is 5.23. The summed E-state index contributed by atoms with van der Waals surface area (Å²) in [6.45, 7) is 0. The van der Waals surface area contributed by atoms with E-state index in [1.54, 1.807) is 6.07 Å². The Balaban J connectivity index is 2.30. The highest BCUT2D eigenvalue weighted by molar-refractivity contribution is 5.44. The van der Waals surface area contributed by atoms with Crippen LogP contribution in [0, 0.1) is 15.9 Å². The van der Waals surface area contributed by atoms with Crippen LogP contribution in [0.15, 0.2) is 36.7 Å². The van der Waals surface area contributed by atoms with Gasteiger partial charge in [-0.25, -0.2) is 14.4 Å². The highest BCUT2D eigenvalue weighted by atomic mass is 19.1. The molecule has 0 amide bonds. The van der Waals surface area contributed by atoms with Crippen molar-refractivity contribution in [3.8, 4) is 0 Å². The average molecular weight is 264 g/mol. The van der Waals surface area contributed by atoms with Gasteiger partial charge in [-0.2, -0.15) is 0 Å². The summed E-state index contributed by atoms with van der Waals surface area (Å²) in [4.78, 5) is 17.7. The summed E-state index contributed by atoms with van der Waals surface area (Å²) >= 11 is 0. The monoisotopic (exact) mass is 264 g/mol. The molecule has 2 N–H and O–H groups in total. The summed E-state index contributed by atoms with van der Waals surface area (Å²) in [6.07, 6.45) is 1.38. The van der Waals surface area contributed by atoms with Gasteiger partial charge in [0.2, 0.25) is 5.95 Å². The Kier molecular flexibility index (Phi) is 3.62. The predicted octanol–water partition coefficient (Wildman–Crippen LogP) is 1.63. The fraction of sp³-hybridized carbons (Fsp3) is 0.0909. The molecule has 0 aliphatic rings. The number of hydrogen-bond donors (Lipinski definition) is 2. The third-order valence-electron chi connectivity index (χ3n) is 2.31. The van der Waals surface area contributed by atoms with Crippen LogP contribution in [0.5, 0.6) is 0 Å². The third-order valence-corrected chi connectivity index (χ3v) is 2.31. The van der Waals surface area contributed by atoms with Crippen molar-refractivity contribution in [1.82, 2.24) is 9.97 Å². The van der Waals surface area contributed by atoms with E-state index < -0.39 is 22.7 Å². The fourth-order valence-electron chi connectivity index (χ4n) is 1.48. The summed E-state index contributed by atoms with van der Waals surface area (Å²) in [5.74, 6) is -0.607. The molecule has 19 heavy (non-hydrogen) atoms. The van der Waals surface area contributed by atoms with Crippen LogP contribution in [0.3, 0.4) is 0 Å². The molecule has 0 saturated heterocycles. The van der Waals surface area contributed by atoms with Gasteiger partial charge in [-0.05, 0) is 18.2 Å². The van der Waals surface area contributed by atoms with Crippen molar-refractivity contribution in [2.75, 3.05) is 5.32 Å². The smallest absolute Gasteiger partial charge is 0.277 e. The van der Waals surface area contributed by atoms with Crippen molar-refractivity contribution in [2.24, 2.45) is 0 Å². The fourth-order valence-corrected chi connectivity index (χ4v) is 1.48. The summed E-state index contributed by atoms with van der Waals surface area (Å²) in [7, 11) is 0. The van der Waals surface area contributed by atoms with Gasteiger partial charge in [0.05, 0.1) is 10.5 Å². The van der Waals surface area contributed by atoms with Crippen molar-refractivity contribution in [3.63, 3.8) is 0 Å². The van der Waals surface area contributed by atoms with Gasteiger partial charge in [0.1, 0.15) is 5.82 Å². The average Bonchev–Trinajstić information content (AvgIpc) is 2.39. The molecule has 2 rings (SSSR count). The number of benzene rings is 1. The molecular formula is C11H9FN4O3. The molecule has 1 heterocycles. The number of nitrogens with zero attached hydrogens (tertiary/aromatic N) is 3. The Hall–Kier alpha value is -2.61. The van der Waals surface area contributed by atoms with Crippen LogP contribution < -0.4 is 5.32 Å². The third kappa shape index (κ3) is 2.99. The standard InChI is InChI=1S/C11H9FN4O3/c12-7-2-3-9(16(18)19)8(6-7)10(17)15-11-13-4-1-5-14-11/h1-6,10,17H,(H,13,14,15). The van der Waals surface area contributed by atoms with E-state index in [1.165, 1.54) is 12.4 Å². The van der Waals surface area contributed by atoms with Gasteiger partial charge in [0.25, 0.3) is 5.69 Å². The Morgan fingerprint density at radius 3 is 2.68 bits per heavy atom. The molecule has 1 unspecified atom stereocenters. The zero-order valence-electron chi connectivity index (χ0n) is 9.52. The number of anilines is 1. The van der Waals surface area contributed by atoms with Crippen molar-refractivity contribution in [2.45, 2.75) is 6.23 Å². The van der Waals surface area contributed by atoms with Crippen LogP contribution in [-0.4, -0.2) is 20.0 Å². The maximum absolute atomic E-state index is 13.1. The summed E-state index contributed by atoms with van der Waals surface area (Å²) in [6, 6.07) is 4.40. The van der Waals surface area contributed by atoms with Crippen LogP contribution in [-0.2, 0) is 0 Å². The van der Waals surface area contributed by atoms with Crippen molar-refractivity contribution in [3.05, 3.63) is 58.2 Å². The second-order valence-electron chi connectivity index (χ2n) is 3.58. The molecule has 0 saturated carbocycles. The molecule has 1 atom stereocenters. The minimum atomic E-state index is -1.49. The summed E-state index contributed by atoms with van der Waals surface area (Å²) in [5.41, 5.74) is -0.588. The number of nitro benzene ring substituents is 1. The normalized spacial score (nSPS) is 11.9. The SMILES string of the molecule is O=[N+]([O-])c1ccc(F)cc1C(O)Nc1ncccn1. The van der Waals surface area contributed by atoms with Gasteiger partial charge in [0, 0.05) is 18.5 Å². The first kappa shape index (κ1) is 12.8. The number of rotatable bonds is 4. The van der Waals surface area contributed by atoms with E-state index in [9.17, 15) is 19.6 Å². The maximum atomic E-state index is 13.1. The quantitative estimate of drug-likeness (QED) is 0.494. The Bertz CT molecular complexity index is 594. The molecule has 98 valence electrons. The summed E-state index contributed by atoms with van der Waals surface area (Å²) < 4.78 is 13.1. The van der Waals surface area contributed by atoms with E-state index in [2.05, 4.69) is 15.3 Å². The van der Waals surface area contributed by atoms with E-state index in [4.69, 9.17) is 0 Å². The number of aliphatic hydroxyl groups excluding tert-OH is 1. The van der Waals surface area contributed by atoms with Crippen LogP contribution in [0.25, 0.3) is 0 Å². The van der Waals surface area contributed by atoms with Crippen LogP contribution in [0.2, 0.25) is 0 Å². The molecule has 1 aromatic heterocycles. The lowest BCUT2D eigenvalue weighted by atomic mass is 10.1. The van der Waals surface area contributed by atoms with Crippen molar-refractivity contribution >= 4 is 11.6 Å². The highest BCUT2D eigenvalue weighted by Gasteiger charge is 2.21. The van der Waals surface area contributed by atoms with Gasteiger partial charge in [-0.1, -0.05) is 0 Å². The molecular weight excluding hydrogens is 255 g/mol. The molecule has 2 aromatic rings. The van der Waals surface area contributed by atoms with E-state index in [-0.39, 0.29) is 11.5 Å². The minimum Gasteiger partial charge on any atom is -0.369 e. The second-order valence-corrected chi connectivity index (χ2v) is 3.58. The van der Waals surface area contributed by atoms with Gasteiger partial charge in [-0.15, -0.1) is 0 Å². The van der Waals surface area contributed by atoms with Gasteiger partial charge in [-0.3, -0.25) is 10.1 Å². The lowest BCUT2D eigenvalue weighted by Crippen LogP contribution is -2.13. The molecule has 8 heteroatoms. The molecule has 1 aromatic carbocycles. The molecule has 7 nitrogen and oxygen atoms in total. The van der Waals surface area contributed by atoms with Crippen LogP contribution >= 0.6 is 0 Å². The van der Waals surface area contributed by atoms with E-state index in [0.717, 1.165) is 18.2 Å². The zero-order chi connectivity index (χ0) is 13.8. The number of nitro groups is 1. The van der Waals surface area contributed by atoms with E-state index in [1.807, 2.05) is 0 Å². The van der Waals surface area contributed by atoms with Crippen molar-refractivity contribution in [1.29, 1.82) is 0 Å². The van der Waals surface area contributed by atoms with Crippen molar-refractivity contribution < 1.29 is 14.4 Å². The number of aromatic nitrogens is 2. The lowest BCUT2D eigenvalue weighted by Gasteiger charge is -2.13. The van der Waals surface area contributed by atoms with Gasteiger partial charge >= 0.3 is 0 Å².